The molecule has 0 N–H and O–H groups in total. The van der Waals surface area contributed by atoms with E-state index in [-0.39, 0.29) is 17.4 Å². The number of rotatable bonds is 5. The smallest absolute Gasteiger partial charge is 0.269 e. The molecule has 0 aromatic heterocycles. The summed E-state index contributed by atoms with van der Waals surface area (Å²) in [5.41, 5.74) is 0.947. The summed E-state index contributed by atoms with van der Waals surface area (Å²) in [5, 5.41) is 10.7. The van der Waals surface area contributed by atoms with Gasteiger partial charge in [0.25, 0.3) is 11.6 Å². The minimum atomic E-state index is -0.665. The molecule has 27 heavy (non-hydrogen) atoms. The molecule has 1 fully saturated rings. The van der Waals surface area contributed by atoms with Gasteiger partial charge in [0.2, 0.25) is 0 Å². The van der Waals surface area contributed by atoms with Crippen LogP contribution in [0.4, 0.5) is 15.8 Å². The molecule has 0 aliphatic carbocycles. The summed E-state index contributed by atoms with van der Waals surface area (Å²) < 4.78 is 18.5. The predicted molar refractivity (Wildman–Crippen MR) is 98.4 cm³/mol. The van der Waals surface area contributed by atoms with Crippen LogP contribution in [0.3, 0.4) is 0 Å². The minimum absolute atomic E-state index is 0.0549. The van der Waals surface area contributed by atoms with Crippen molar-refractivity contribution in [2.45, 2.75) is 13.0 Å². The molecule has 0 spiro atoms. The summed E-state index contributed by atoms with van der Waals surface area (Å²) in [6, 6.07) is 11.9. The van der Waals surface area contributed by atoms with E-state index < -0.39 is 11.0 Å². The Balaban J connectivity index is 1.54. The third kappa shape index (κ3) is 4.52. The van der Waals surface area contributed by atoms with Gasteiger partial charge in [-0.3, -0.25) is 14.9 Å². The Labute approximate surface area is 156 Å². The van der Waals surface area contributed by atoms with E-state index in [0.29, 0.717) is 31.9 Å². The predicted octanol–water partition coefficient (Wildman–Crippen LogP) is 2.85. The number of anilines is 1. The van der Waals surface area contributed by atoms with Crippen molar-refractivity contribution < 1.29 is 18.8 Å². The number of nitro benzene ring substituents is 1. The third-order valence-electron chi connectivity index (χ3n) is 4.49. The fourth-order valence-electron chi connectivity index (χ4n) is 3.00. The van der Waals surface area contributed by atoms with Crippen molar-refractivity contribution in [2.24, 2.45) is 0 Å². The molecule has 8 heteroatoms. The highest BCUT2D eigenvalue weighted by Gasteiger charge is 2.26. The summed E-state index contributed by atoms with van der Waals surface area (Å²) in [5.74, 6) is -0.0341. The molecule has 1 atom stereocenters. The Bertz CT molecular complexity index is 803. The lowest BCUT2D eigenvalue weighted by molar-refractivity contribution is -0.384. The van der Waals surface area contributed by atoms with Crippen molar-refractivity contribution in [1.29, 1.82) is 0 Å². The van der Waals surface area contributed by atoms with Gasteiger partial charge in [0.1, 0.15) is 11.6 Å². The van der Waals surface area contributed by atoms with Crippen LogP contribution in [0.15, 0.2) is 48.5 Å². The zero-order chi connectivity index (χ0) is 19.4. The number of hydrogen-bond acceptors (Lipinski definition) is 5. The highest BCUT2D eigenvalue weighted by molar-refractivity contribution is 5.81. The van der Waals surface area contributed by atoms with E-state index in [1.54, 1.807) is 24.0 Å². The molecule has 1 amide bonds. The summed E-state index contributed by atoms with van der Waals surface area (Å²) in [6.45, 7) is 4.01. The first kappa shape index (κ1) is 18.6. The summed E-state index contributed by atoms with van der Waals surface area (Å²) in [6.07, 6.45) is -0.665. The number of ether oxygens (including phenoxy) is 1. The van der Waals surface area contributed by atoms with Gasteiger partial charge < -0.3 is 14.5 Å². The number of nitro groups is 1. The van der Waals surface area contributed by atoms with Crippen LogP contribution in [0.1, 0.15) is 6.92 Å². The van der Waals surface area contributed by atoms with Crippen molar-refractivity contribution in [3.8, 4) is 5.75 Å². The van der Waals surface area contributed by atoms with Gasteiger partial charge in [-0.05, 0) is 43.3 Å². The second-order valence-electron chi connectivity index (χ2n) is 6.30. The van der Waals surface area contributed by atoms with Crippen LogP contribution in [-0.2, 0) is 4.79 Å². The van der Waals surface area contributed by atoms with Gasteiger partial charge in [-0.2, -0.15) is 0 Å². The van der Waals surface area contributed by atoms with E-state index in [1.165, 1.54) is 36.4 Å². The molecule has 1 saturated heterocycles. The van der Waals surface area contributed by atoms with Crippen molar-refractivity contribution in [1.82, 2.24) is 4.90 Å². The lowest BCUT2D eigenvalue weighted by Crippen LogP contribution is -2.52. The number of non-ortho nitro benzene ring substituents is 1. The molecule has 0 unspecified atom stereocenters. The average Bonchev–Trinajstić information content (AvgIpc) is 2.69. The Morgan fingerprint density at radius 1 is 1.07 bits per heavy atom. The fraction of sp³-hybridized carbons (Fsp3) is 0.316. The quantitative estimate of drug-likeness (QED) is 0.595. The van der Waals surface area contributed by atoms with Gasteiger partial charge >= 0.3 is 0 Å². The van der Waals surface area contributed by atoms with Gasteiger partial charge in [-0.25, -0.2) is 4.39 Å². The first-order chi connectivity index (χ1) is 12.9. The summed E-state index contributed by atoms with van der Waals surface area (Å²) in [7, 11) is 0. The largest absolute Gasteiger partial charge is 0.481 e. The number of hydrogen-bond donors (Lipinski definition) is 0. The highest BCUT2D eigenvalue weighted by Crippen LogP contribution is 2.21. The number of amides is 1. The Hall–Kier alpha value is -3.16. The number of nitrogens with zero attached hydrogens (tertiary/aromatic N) is 3. The van der Waals surface area contributed by atoms with Crippen molar-refractivity contribution in [3.63, 3.8) is 0 Å². The van der Waals surface area contributed by atoms with Gasteiger partial charge in [-0.15, -0.1) is 0 Å². The lowest BCUT2D eigenvalue weighted by Gasteiger charge is -2.37. The Morgan fingerprint density at radius 3 is 2.22 bits per heavy atom. The molecule has 0 saturated carbocycles. The number of piperazine rings is 1. The van der Waals surface area contributed by atoms with Gasteiger partial charge in [-0.1, -0.05) is 0 Å². The van der Waals surface area contributed by atoms with E-state index in [1.807, 2.05) is 0 Å². The van der Waals surface area contributed by atoms with Crippen molar-refractivity contribution in [3.05, 3.63) is 64.5 Å². The summed E-state index contributed by atoms with van der Waals surface area (Å²) >= 11 is 0. The summed E-state index contributed by atoms with van der Waals surface area (Å²) in [4.78, 5) is 26.7. The van der Waals surface area contributed by atoms with E-state index in [4.69, 9.17) is 4.74 Å². The second-order valence-corrected chi connectivity index (χ2v) is 6.30. The van der Waals surface area contributed by atoms with Crippen LogP contribution < -0.4 is 9.64 Å². The van der Waals surface area contributed by atoms with Crippen LogP contribution in [-0.4, -0.2) is 48.0 Å². The number of carbonyl (C=O) groups is 1. The van der Waals surface area contributed by atoms with Crippen molar-refractivity contribution in [2.75, 3.05) is 31.1 Å². The van der Waals surface area contributed by atoms with Crippen LogP contribution in [0.25, 0.3) is 0 Å². The monoisotopic (exact) mass is 373 g/mol. The Morgan fingerprint density at radius 2 is 1.67 bits per heavy atom. The average molecular weight is 373 g/mol. The molecule has 7 nitrogen and oxygen atoms in total. The molecular formula is C19H20FN3O4. The van der Waals surface area contributed by atoms with Crippen LogP contribution >= 0.6 is 0 Å². The van der Waals surface area contributed by atoms with E-state index >= 15 is 0 Å². The van der Waals surface area contributed by atoms with E-state index in [2.05, 4.69) is 4.90 Å². The zero-order valence-electron chi connectivity index (χ0n) is 14.9. The first-order valence-corrected chi connectivity index (χ1v) is 8.64. The maximum absolute atomic E-state index is 12.9. The second kappa shape index (κ2) is 8.03. The van der Waals surface area contributed by atoms with Crippen LogP contribution in [0.2, 0.25) is 0 Å². The minimum Gasteiger partial charge on any atom is -0.481 e. The number of benzene rings is 2. The van der Waals surface area contributed by atoms with Gasteiger partial charge in [0.05, 0.1) is 4.92 Å². The number of halogens is 1. The van der Waals surface area contributed by atoms with Crippen LogP contribution in [0.5, 0.6) is 5.75 Å². The molecular weight excluding hydrogens is 353 g/mol. The number of carbonyl (C=O) groups excluding carboxylic acids is 1. The van der Waals surface area contributed by atoms with Gasteiger partial charge in [0.15, 0.2) is 6.10 Å². The standard InChI is InChI=1S/C19H20FN3O4/c1-14(27-18-8-2-15(20)3-9-18)19(24)22-12-10-21(11-13-22)16-4-6-17(7-5-16)23(25)26/h2-9,14H,10-13H2,1H3/t14-/m0/s1. The molecule has 3 rings (SSSR count). The molecule has 1 aliphatic rings. The fourth-order valence-corrected chi connectivity index (χ4v) is 3.00. The molecule has 0 radical (unpaired) electrons. The van der Waals surface area contributed by atoms with E-state index in [0.717, 1.165) is 5.69 Å². The van der Waals surface area contributed by atoms with Gasteiger partial charge in [0, 0.05) is 44.0 Å². The Kier molecular flexibility index (Phi) is 5.54. The molecule has 0 bridgehead atoms. The molecule has 142 valence electrons. The van der Waals surface area contributed by atoms with Crippen molar-refractivity contribution >= 4 is 17.3 Å². The van der Waals surface area contributed by atoms with Crippen LogP contribution in [0, 0.1) is 15.9 Å². The third-order valence-corrected chi connectivity index (χ3v) is 4.49. The molecule has 2 aromatic carbocycles. The first-order valence-electron chi connectivity index (χ1n) is 8.64. The molecule has 1 aliphatic heterocycles. The molecule has 2 aromatic rings. The normalized spacial score (nSPS) is 15.3. The maximum Gasteiger partial charge on any atom is 0.269 e. The SMILES string of the molecule is C[C@H](Oc1ccc(F)cc1)C(=O)N1CCN(c2ccc([N+](=O)[O-])cc2)CC1. The zero-order valence-corrected chi connectivity index (χ0v) is 14.9. The topological polar surface area (TPSA) is 75.9 Å². The van der Waals surface area contributed by atoms with E-state index in [9.17, 15) is 19.3 Å². The maximum atomic E-state index is 12.9. The molecule has 1 heterocycles. The highest BCUT2D eigenvalue weighted by atomic mass is 19.1. The lowest BCUT2D eigenvalue weighted by atomic mass is 10.2.